The van der Waals surface area contributed by atoms with Gasteiger partial charge in [0.25, 0.3) is 0 Å². The summed E-state index contributed by atoms with van der Waals surface area (Å²) in [6.07, 6.45) is 0. The molecular formula is C27H33NO6. The first-order valence-corrected chi connectivity index (χ1v) is 11.2. The molecule has 0 aliphatic heterocycles. The summed E-state index contributed by atoms with van der Waals surface area (Å²) in [5.74, 6) is 4.85. The van der Waals surface area contributed by atoms with Crippen LogP contribution in [0.3, 0.4) is 0 Å². The zero-order valence-electron chi connectivity index (χ0n) is 20.1. The van der Waals surface area contributed by atoms with Gasteiger partial charge in [-0.2, -0.15) is 0 Å². The fourth-order valence-corrected chi connectivity index (χ4v) is 3.23. The molecule has 0 spiro atoms. The Labute approximate surface area is 201 Å². The standard InChI is InChI=1S/C27H33NO6/c1-29-22-4-10-25(11-5-22)32-19-16-28(17-20-33-26-12-6-23(30-2)7-13-26)18-21-34-27-14-8-24(31-3)9-15-27/h4-15H,16-21H2,1-3H3. The van der Waals surface area contributed by atoms with Gasteiger partial charge < -0.3 is 28.4 Å². The zero-order valence-corrected chi connectivity index (χ0v) is 20.1. The summed E-state index contributed by atoms with van der Waals surface area (Å²) in [5.41, 5.74) is 0. The third-order valence-corrected chi connectivity index (χ3v) is 5.21. The lowest BCUT2D eigenvalue weighted by Gasteiger charge is -2.22. The van der Waals surface area contributed by atoms with Gasteiger partial charge >= 0.3 is 0 Å². The summed E-state index contributed by atoms with van der Waals surface area (Å²) in [6.45, 7) is 3.88. The lowest BCUT2D eigenvalue weighted by Crippen LogP contribution is -2.35. The Kier molecular flexibility index (Phi) is 10.2. The highest BCUT2D eigenvalue weighted by molar-refractivity contribution is 5.32. The Morgan fingerprint density at radius 3 is 0.882 bits per heavy atom. The molecule has 0 atom stereocenters. The van der Waals surface area contributed by atoms with Crippen LogP contribution >= 0.6 is 0 Å². The van der Waals surface area contributed by atoms with Crippen LogP contribution < -0.4 is 28.4 Å². The van der Waals surface area contributed by atoms with Crippen molar-refractivity contribution in [3.8, 4) is 34.5 Å². The lowest BCUT2D eigenvalue weighted by molar-refractivity contribution is 0.153. The third-order valence-electron chi connectivity index (χ3n) is 5.21. The predicted molar refractivity (Wildman–Crippen MR) is 132 cm³/mol. The van der Waals surface area contributed by atoms with E-state index in [9.17, 15) is 0 Å². The maximum atomic E-state index is 5.91. The van der Waals surface area contributed by atoms with Crippen molar-refractivity contribution in [1.29, 1.82) is 0 Å². The van der Waals surface area contributed by atoms with Crippen molar-refractivity contribution in [2.24, 2.45) is 0 Å². The predicted octanol–water partition coefficient (Wildman–Crippen LogP) is 4.55. The minimum absolute atomic E-state index is 0.553. The average Bonchev–Trinajstić information content (AvgIpc) is 2.89. The molecule has 182 valence electrons. The zero-order chi connectivity index (χ0) is 24.0. The van der Waals surface area contributed by atoms with Crippen molar-refractivity contribution in [3.63, 3.8) is 0 Å². The molecule has 0 saturated heterocycles. The van der Waals surface area contributed by atoms with E-state index in [1.807, 2.05) is 72.8 Å². The lowest BCUT2D eigenvalue weighted by atomic mass is 10.3. The fraction of sp³-hybridized carbons (Fsp3) is 0.333. The maximum absolute atomic E-state index is 5.91. The van der Waals surface area contributed by atoms with Crippen LogP contribution in [0.4, 0.5) is 0 Å². The van der Waals surface area contributed by atoms with Gasteiger partial charge in [-0.25, -0.2) is 0 Å². The number of hydrogen-bond donors (Lipinski definition) is 0. The molecule has 3 aromatic carbocycles. The monoisotopic (exact) mass is 467 g/mol. The van der Waals surface area contributed by atoms with Gasteiger partial charge in [0.2, 0.25) is 0 Å². The second-order valence-corrected chi connectivity index (χ2v) is 7.41. The van der Waals surface area contributed by atoms with Gasteiger partial charge in [-0.15, -0.1) is 0 Å². The topological polar surface area (TPSA) is 58.6 Å². The quantitative estimate of drug-likeness (QED) is 0.325. The van der Waals surface area contributed by atoms with E-state index >= 15 is 0 Å². The molecule has 3 rings (SSSR count). The molecule has 0 heterocycles. The summed E-state index contributed by atoms with van der Waals surface area (Å²) in [6, 6.07) is 22.8. The summed E-state index contributed by atoms with van der Waals surface area (Å²) >= 11 is 0. The molecule has 3 aromatic rings. The van der Waals surface area contributed by atoms with Crippen LogP contribution in [0.2, 0.25) is 0 Å². The van der Waals surface area contributed by atoms with Crippen molar-refractivity contribution in [1.82, 2.24) is 4.90 Å². The molecule has 7 heteroatoms. The molecule has 0 aliphatic carbocycles. The van der Waals surface area contributed by atoms with Gasteiger partial charge in [0.05, 0.1) is 21.3 Å². The van der Waals surface area contributed by atoms with Gasteiger partial charge in [0, 0.05) is 19.6 Å². The van der Waals surface area contributed by atoms with Crippen LogP contribution in [-0.4, -0.2) is 65.7 Å². The number of ether oxygens (including phenoxy) is 6. The first-order chi connectivity index (χ1) is 16.7. The number of benzene rings is 3. The molecule has 0 radical (unpaired) electrons. The highest BCUT2D eigenvalue weighted by Crippen LogP contribution is 2.19. The summed E-state index contributed by atoms with van der Waals surface area (Å²) in [7, 11) is 4.95. The van der Waals surface area contributed by atoms with E-state index in [-0.39, 0.29) is 0 Å². The van der Waals surface area contributed by atoms with E-state index in [1.54, 1.807) is 21.3 Å². The highest BCUT2D eigenvalue weighted by Gasteiger charge is 2.08. The normalized spacial score (nSPS) is 10.6. The molecule has 0 unspecified atom stereocenters. The molecule has 7 nitrogen and oxygen atoms in total. The minimum Gasteiger partial charge on any atom is -0.497 e. The molecular weight excluding hydrogens is 434 g/mol. The number of methoxy groups -OCH3 is 3. The molecule has 0 amide bonds. The molecule has 34 heavy (non-hydrogen) atoms. The van der Waals surface area contributed by atoms with Gasteiger partial charge in [-0.05, 0) is 72.8 Å². The van der Waals surface area contributed by atoms with Crippen molar-refractivity contribution in [3.05, 3.63) is 72.8 Å². The molecule has 0 fully saturated rings. The molecule has 0 saturated carbocycles. The average molecular weight is 468 g/mol. The second-order valence-electron chi connectivity index (χ2n) is 7.41. The van der Waals surface area contributed by atoms with Crippen molar-refractivity contribution in [2.45, 2.75) is 0 Å². The Bertz CT molecular complexity index is 817. The smallest absolute Gasteiger partial charge is 0.119 e. The fourth-order valence-electron chi connectivity index (χ4n) is 3.23. The Morgan fingerprint density at radius 1 is 0.412 bits per heavy atom. The summed E-state index contributed by atoms with van der Waals surface area (Å²) in [5, 5.41) is 0. The molecule has 0 N–H and O–H groups in total. The van der Waals surface area contributed by atoms with E-state index < -0.39 is 0 Å². The van der Waals surface area contributed by atoms with Crippen LogP contribution in [0.1, 0.15) is 0 Å². The van der Waals surface area contributed by atoms with E-state index in [0.29, 0.717) is 19.8 Å². The first kappa shape index (κ1) is 25.1. The van der Waals surface area contributed by atoms with Crippen LogP contribution in [-0.2, 0) is 0 Å². The molecule has 0 bridgehead atoms. The van der Waals surface area contributed by atoms with Crippen molar-refractivity contribution < 1.29 is 28.4 Å². The molecule has 0 aromatic heterocycles. The van der Waals surface area contributed by atoms with Crippen molar-refractivity contribution in [2.75, 3.05) is 60.8 Å². The second kappa shape index (κ2) is 13.9. The number of rotatable bonds is 15. The first-order valence-electron chi connectivity index (χ1n) is 11.2. The van der Waals surface area contributed by atoms with Crippen LogP contribution in [0.15, 0.2) is 72.8 Å². The van der Waals surface area contributed by atoms with Crippen LogP contribution in [0.25, 0.3) is 0 Å². The Balaban J connectivity index is 1.48. The minimum atomic E-state index is 0.553. The van der Waals surface area contributed by atoms with Gasteiger partial charge in [-0.3, -0.25) is 4.90 Å². The van der Waals surface area contributed by atoms with Crippen LogP contribution in [0, 0.1) is 0 Å². The van der Waals surface area contributed by atoms with E-state index in [4.69, 9.17) is 28.4 Å². The summed E-state index contributed by atoms with van der Waals surface area (Å²) < 4.78 is 33.3. The van der Waals surface area contributed by atoms with E-state index in [0.717, 1.165) is 54.1 Å². The maximum Gasteiger partial charge on any atom is 0.119 e. The van der Waals surface area contributed by atoms with E-state index in [1.165, 1.54) is 0 Å². The van der Waals surface area contributed by atoms with Crippen LogP contribution in [0.5, 0.6) is 34.5 Å². The van der Waals surface area contributed by atoms with Gasteiger partial charge in [-0.1, -0.05) is 0 Å². The third kappa shape index (κ3) is 8.41. The van der Waals surface area contributed by atoms with Crippen molar-refractivity contribution >= 4 is 0 Å². The Hall–Kier alpha value is -3.58. The number of nitrogens with zero attached hydrogens (tertiary/aromatic N) is 1. The SMILES string of the molecule is COc1ccc(OCCN(CCOc2ccc(OC)cc2)CCOc2ccc(OC)cc2)cc1. The molecule has 0 aliphatic rings. The number of hydrogen-bond acceptors (Lipinski definition) is 7. The summed E-state index contributed by atoms with van der Waals surface area (Å²) in [4.78, 5) is 2.26. The Morgan fingerprint density at radius 2 is 0.647 bits per heavy atom. The van der Waals surface area contributed by atoms with E-state index in [2.05, 4.69) is 4.90 Å². The van der Waals surface area contributed by atoms with Gasteiger partial charge in [0.1, 0.15) is 54.3 Å². The van der Waals surface area contributed by atoms with Gasteiger partial charge in [0.15, 0.2) is 0 Å². The highest BCUT2D eigenvalue weighted by atomic mass is 16.5. The largest absolute Gasteiger partial charge is 0.497 e.